The number of hydrogen-bond donors (Lipinski definition) is 2. The molecule has 2 heterocycles. The highest BCUT2D eigenvalue weighted by molar-refractivity contribution is 5.90. The van der Waals surface area contributed by atoms with Crippen LogP contribution >= 0.6 is 0 Å². The molecule has 0 radical (unpaired) electrons. The van der Waals surface area contributed by atoms with Gasteiger partial charge < -0.3 is 10.3 Å². The van der Waals surface area contributed by atoms with E-state index in [2.05, 4.69) is 25.3 Å². The standard InChI is InChI=1S/C9H9N5O/c1-6(15)14-9-7(10-2-3-13-9)8-11-4-5-12-8/h2-5H,1H3,(H,11,12)(H,13,14,15). The van der Waals surface area contributed by atoms with Crippen molar-refractivity contribution in [3.05, 3.63) is 24.8 Å². The Balaban J connectivity index is 2.42. The SMILES string of the molecule is CC(=O)Nc1nccnc1-c1ncc[nH]1. The van der Waals surface area contributed by atoms with Crippen molar-refractivity contribution in [3.63, 3.8) is 0 Å². The summed E-state index contributed by atoms with van der Waals surface area (Å²) in [5.41, 5.74) is 0.526. The van der Waals surface area contributed by atoms with Crippen LogP contribution in [0.1, 0.15) is 6.92 Å². The predicted octanol–water partition coefficient (Wildman–Crippen LogP) is 0.825. The van der Waals surface area contributed by atoms with E-state index in [0.29, 0.717) is 17.3 Å². The lowest BCUT2D eigenvalue weighted by atomic mass is 10.4. The van der Waals surface area contributed by atoms with Crippen molar-refractivity contribution in [2.75, 3.05) is 5.32 Å². The Labute approximate surface area is 85.8 Å². The van der Waals surface area contributed by atoms with Crippen molar-refractivity contribution in [1.29, 1.82) is 0 Å². The van der Waals surface area contributed by atoms with Crippen LogP contribution < -0.4 is 5.32 Å². The van der Waals surface area contributed by atoms with Gasteiger partial charge in [0.2, 0.25) is 5.91 Å². The molecular formula is C9H9N5O. The molecule has 0 spiro atoms. The maximum atomic E-state index is 10.9. The number of aromatic amines is 1. The van der Waals surface area contributed by atoms with Gasteiger partial charge in [-0.1, -0.05) is 0 Å². The summed E-state index contributed by atoms with van der Waals surface area (Å²) in [4.78, 5) is 26.0. The second-order valence-corrected chi connectivity index (χ2v) is 2.87. The van der Waals surface area contributed by atoms with Gasteiger partial charge in [0.1, 0.15) is 5.69 Å². The van der Waals surface area contributed by atoms with Gasteiger partial charge in [-0.25, -0.2) is 15.0 Å². The Hall–Kier alpha value is -2.24. The number of carbonyl (C=O) groups excluding carboxylic acids is 1. The number of amides is 1. The van der Waals surface area contributed by atoms with E-state index in [1.165, 1.54) is 13.1 Å². The van der Waals surface area contributed by atoms with Crippen LogP contribution in [0.3, 0.4) is 0 Å². The number of hydrogen-bond acceptors (Lipinski definition) is 4. The molecule has 0 bridgehead atoms. The molecule has 2 N–H and O–H groups in total. The molecular weight excluding hydrogens is 194 g/mol. The topological polar surface area (TPSA) is 83.6 Å². The maximum absolute atomic E-state index is 10.9. The lowest BCUT2D eigenvalue weighted by molar-refractivity contribution is -0.114. The van der Waals surface area contributed by atoms with Crippen LogP contribution in [-0.4, -0.2) is 25.8 Å². The molecule has 1 amide bonds. The molecule has 0 aliphatic rings. The van der Waals surface area contributed by atoms with Gasteiger partial charge in [-0.15, -0.1) is 0 Å². The lowest BCUT2D eigenvalue weighted by Gasteiger charge is -2.04. The van der Waals surface area contributed by atoms with E-state index in [1.54, 1.807) is 18.6 Å². The fourth-order valence-corrected chi connectivity index (χ4v) is 1.16. The second-order valence-electron chi connectivity index (χ2n) is 2.87. The summed E-state index contributed by atoms with van der Waals surface area (Å²) in [5.74, 6) is 0.787. The maximum Gasteiger partial charge on any atom is 0.222 e. The van der Waals surface area contributed by atoms with Crippen molar-refractivity contribution in [3.8, 4) is 11.5 Å². The number of carbonyl (C=O) groups is 1. The van der Waals surface area contributed by atoms with Crippen LogP contribution in [0.15, 0.2) is 24.8 Å². The molecule has 0 aromatic carbocycles. The summed E-state index contributed by atoms with van der Waals surface area (Å²) in [6, 6.07) is 0. The molecule has 15 heavy (non-hydrogen) atoms. The van der Waals surface area contributed by atoms with E-state index >= 15 is 0 Å². The number of rotatable bonds is 2. The number of imidazole rings is 1. The van der Waals surface area contributed by atoms with E-state index in [4.69, 9.17) is 0 Å². The van der Waals surface area contributed by atoms with Gasteiger partial charge in [0.25, 0.3) is 0 Å². The Morgan fingerprint density at radius 1 is 1.27 bits per heavy atom. The summed E-state index contributed by atoms with van der Waals surface area (Å²) in [5, 5.41) is 2.59. The molecule has 2 rings (SSSR count). The van der Waals surface area contributed by atoms with Crippen molar-refractivity contribution in [2.24, 2.45) is 0 Å². The van der Waals surface area contributed by atoms with Crippen molar-refractivity contribution < 1.29 is 4.79 Å². The van der Waals surface area contributed by atoms with Gasteiger partial charge in [-0.2, -0.15) is 0 Å². The molecule has 0 atom stereocenters. The molecule has 0 fully saturated rings. The van der Waals surface area contributed by atoms with Crippen LogP contribution in [0.5, 0.6) is 0 Å². The summed E-state index contributed by atoms with van der Waals surface area (Å²) in [6.45, 7) is 1.42. The van der Waals surface area contributed by atoms with Crippen molar-refractivity contribution >= 4 is 11.7 Å². The van der Waals surface area contributed by atoms with Gasteiger partial charge in [0, 0.05) is 31.7 Å². The first-order chi connectivity index (χ1) is 7.27. The summed E-state index contributed by atoms with van der Waals surface area (Å²) in [7, 11) is 0. The minimum atomic E-state index is -0.191. The first kappa shape index (κ1) is 9.32. The first-order valence-electron chi connectivity index (χ1n) is 4.35. The summed E-state index contributed by atoms with van der Waals surface area (Å²) >= 11 is 0. The Kier molecular flexibility index (Phi) is 2.40. The molecule has 0 unspecified atom stereocenters. The van der Waals surface area contributed by atoms with E-state index in [0.717, 1.165) is 0 Å². The zero-order valence-electron chi connectivity index (χ0n) is 8.06. The average molecular weight is 203 g/mol. The van der Waals surface area contributed by atoms with Crippen LogP contribution in [0, 0.1) is 0 Å². The average Bonchev–Trinajstić information content (AvgIpc) is 2.70. The van der Waals surface area contributed by atoms with Crippen molar-refractivity contribution in [2.45, 2.75) is 6.92 Å². The molecule has 0 aliphatic heterocycles. The largest absolute Gasteiger partial charge is 0.343 e. The van der Waals surface area contributed by atoms with Gasteiger partial charge >= 0.3 is 0 Å². The Bertz CT molecular complexity index is 465. The fourth-order valence-electron chi connectivity index (χ4n) is 1.16. The minimum absolute atomic E-state index is 0.191. The van der Waals surface area contributed by atoms with E-state index in [9.17, 15) is 4.79 Å². The third-order valence-electron chi connectivity index (χ3n) is 1.72. The number of nitrogens with zero attached hydrogens (tertiary/aromatic N) is 3. The van der Waals surface area contributed by atoms with Gasteiger partial charge in [-0.05, 0) is 0 Å². The van der Waals surface area contributed by atoms with E-state index in [1.807, 2.05) is 0 Å². The van der Waals surface area contributed by atoms with Gasteiger partial charge in [0.05, 0.1) is 0 Å². The normalized spacial score (nSPS) is 9.93. The number of aromatic nitrogens is 4. The zero-order chi connectivity index (χ0) is 10.7. The van der Waals surface area contributed by atoms with Crippen molar-refractivity contribution in [1.82, 2.24) is 19.9 Å². The first-order valence-corrected chi connectivity index (χ1v) is 4.35. The van der Waals surface area contributed by atoms with Crippen LogP contribution in [0.25, 0.3) is 11.5 Å². The number of anilines is 1. The lowest BCUT2D eigenvalue weighted by Crippen LogP contribution is -2.09. The third kappa shape index (κ3) is 1.98. The second kappa shape index (κ2) is 3.87. The molecule has 2 aromatic rings. The smallest absolute Gasteiger partial charge is 0.222 e. The fraction of sp³-hybridized carbons (Fsp3) is 0.111. The molecule has 0 saturated carbocycles. The van der Waals surface area contributed by atoms with Gasteiger partial charge in [0.15, 0.2) is 11.6 Å². The zero-order valence-corrected chi connectivity index (χ0v) is 8.06. The van der Waals surface area contributed by atoms with E-state index in [-0.39, 0.29) is 5.91 Å². The highest BCUT2D eigenvalue weighted by atomic mass is 16.1. The minimum Gasteiger partial charge on any atom is -0.343 e. The number of H-pyrrole nitrogens is 1. The molecule has 0 saturated heterocycles. The van der Waals surface area contributed by atoms with E-state index < -0.39 is 0 Å². The molecule has 0 aliphatic carbocycles. The third-order valence-corrected chi connectivity index (χ3v) is 1.72. The molecule has 76 valence electrons. The number of nitrogens with one attached hydrogen (secondary N) is 2. The summed E-state index contributed by atoms with van der Waals surface area (Å²) < 4.78 is 0. The highest BCUT2D eigenvalue weighted by Crippen LogP contribution is 2.18. The predicted molar refractivity (Wildman–Crippen MR) is 53.9 cm³/mol. The molecule has 6 heteroatoms. The molecule has 6 nitrogen and oxygen atoms in total. The molecule has 2 aromatic heterocycles. The quantitative estimate of drug-likeness (QED) is 0.757. The Morgan fingerprint density at radius 3 is 2.73 bits per heavy atom. The van der Waals surface area contributed by atoms with Crippen LogP contribution in [0.2, 0.25) is 0 Å². The highest BCUT2D eigenvalue weighted by Gasteiger charge is 2.10. The summed E-state index contributed by atoms with van der Waals surface area (Å²) in [6.07, 6.45) is 6.35. The van der Waals surface area contributed by atoms with Crippen LogP contribution in [-0.2, 0) is 4.79 Å². The van der Waals surface area contributed by atoms with Gasteiger partial charge in [-0.3, -0.25) is 4.79 Å². The Morgan fingerprint density at radius 2 is 2.07 bits per heavy atom. The monoisotopic (exact) mass is 203 g/mol. The van der Waals surface area contributed by atoms with Crippen LogP contribution in [0.4, 0.5) is 5.82 Å².